The number of nitrogens with zero attached hydrogens (tertiary/aromatic N) is 3. The number of rotatable bonds is 4. The van der Waals surface area contributed by atoms with Crippen molar-refractivity contribution in [3.8, 4) is 0 Å². The van der Waals surface area contributed by atoms with Gasteiger partial charge in [0.2, 0.25) is 5.91 Å². The van der Waals surface area contributed by atoms with Crippen LogP contribution >= 0.6 is 0 Å². The molecule has 1 amide bonds. The molecule has 0 bridgehead atoms. The molecule has 24 heavy (non-hydrogen) atoms. The van der Waals surface area contributed by atoms with Crippen molar-refractivity contribution in [1.29, 1.82) is 0 Å². The van der Waals surface area contributed by atoms with Crippen molar-refractivity contribution < 1.29 is 9.18 Å². The van der Waals surface area contributed by atoms with E-state index in [1.807, 2.05) is 26.0 Å². The van der Waals surface area contributed by atoms with Gasteiger partial charge in [-0.05, 0) is 51.0 Å². The molecule has 2 heterocycles. The van der Waals surface area contributed by atoms with Crippen molar-refractivity contribution in [1.82, 2.24) is 15.1 Å². The van der Waals surface area contributed by atoms with E-state index in [9.17, 15) is 9.18 Å². The van der Waals surface area contributed by atoms with E-state index in [1.165, 1.54) is 6.07 Å². The van der Waals surface area contributed by atoms with Crippen LogP contribution < -0.4 is 10.2 Å². The molecule has 0 saturated carbocycles. The predicted octanol–water partition coefficient (Wildman–Crippen LogP) is 2.42. The summed E-state index contributed by atoms with van der Waals surface area (Å²) in [5.41, 5.74) is 2.76. The molecule has 0 aliphatic carbocycles. The Kier molecular flexibility index (Phi) is 4.83. The van der Waals surface area contributed by atoms with E-state index in [4.69, 9.17) is 0 Å². The minimum atomic E-state index is -0.233. The number of benzene rings is 1. The fraction of sp³-hybridized carbons (Fsp3) is 0.444. The Morgan fingerprint density at radius 3 is 2.92 bits per heavy atom. The fourth-order valence-corrected chi connectivity index (χ4v) is 3.25. The van der Waals surface area contributed by atoms with Gasteiger partial charge in [0.15, 0.2) is 0 Å². The van der Waals surface area contributed by atoms with E-state index >= 15 is 0 Å². The molecule has 1 N–H and O–H groups in total. The monoisotopic (exact) mass is 330 g/mol. The first-order valence-electron chi connectivity index (χ1n) is 8.32. The van der Waals surface area contributed by atoms with Gasteiger partial charge in [-0.1, -0.05) is 6.07 Å². The van der Waals surface area contributed by atoms with Gasteiger partial charge in [-0.2, -0.15) is 5.10 Å². The molecular weight excluding hydrogens is 307 g/mol. The van der Waals surface area contributed by atoms with Crippen molar-refractivity contribution in [2.75, 3.05) is 18.0 Å². The number of carbonyl (C=O) groups is 1. The highest BCUT2D eigenvalue weighted by atomic mass is 19.1. The summed E-state index contributed by atoms with van der Waals surface area (Å²) in [6.07, 6.45) is 1.91. The minimum absolute atomic E-state index is 0.0349. The zero-order valence-corrected chi connectivity index (χ0v) is 14.1. The largest absolute Gasteiger partial charge is 0.369 e. The number of amides is 1. The predicted molar refractivity (Wildman–Crippen MR) is 91.5 cm³/mol. The molecule has 1 aromatic heterocycles. The molecule has 2 aromatic rings. The lowest BCUT2D eigenvalue weighted by Crippen LogP contribution is -2.48. The highest BCUT2D eigenvalue weighted by molar-refractivity contribution is 5.76. The second-order valence-electron chi connectivity index (χ2n) is 6.42. The van der Waals surface area contributed by atoms with Gasteiger partial charge < -0.3 is 10.2 Å². The van der Waals surface area contributed by atoms with Crippen molar-refractivity contribution in [2.24, 2.45) is 0 Å². The van der Waals surface area contributed by atoms with E-state index in [-0.39, 0.29) is 24.3 Å². The number of hydrogen-bond donors (Lipinski definition) is 1. The number of anilines is 1. The molecule has 1 aromatic carbocycles. The Morgan fingerprint density at radius 2 is 2.21 bits per heavy atom. The molecule has 1 atom stereocenters. The van der Waals surface area contributed by atoms with Gasteiger partial charge in [0.1, 0.15) is 12.4 Å². The molecule has 1 aliphatic heterocycles. The Bertz CT molecular complexity index is 728. The first-order chi connectivity index (χ1) is 11.5. The maximum absolute atomic E-state index is 13.4. The quantitative estimate of drug-likeness (QED) is 0.937. The summed E-state index contributed by atoms with van der Waals surface area (Å²) in [4.78, 5) is 14.4. The zero-order chi connectivity index (χ0) is 17.1. The van der Waals surface area contributed by atoms with E-state index in [1.54, 1.807) is 16.8 Å². The smallest absolute Gasteiger partial charge is 0.242 e. The van der Waals surface area contributed by atoms with Crippen LogP contribution in [0.1, 0.15) is 24.2 Å². The molecule has 3 rings (SSSR count). The minimum Gasteiger partial charge on any atom is -0.369 e. The van der Waals surface area contributed by atoms with Crippen molar-refractivity contribution in [3.63, 3.8) is 0 Å². The Morgan fingerprint density at radius 1 is 1.38 bits per heavy atom. The SMILES string of the molecule is Cc1cc(C)n(CC(=O)N[C@@H]2CCCN(c3cccc(F)c3)C2)n1. The van der Waals surface area contributed by atoms with Crippen LogP contribution in [0, 0.1) is 19.7 Å². The first-order valence-corrected chi connectivity index (χ1v) is 8.32. The van der Waals surface area contributed by atoms with Crippen molar-refractivity contribution in [3.05, 3.63) is 47.5 Å². The summed E-state index contributed by atoms with van der Waals surface area (Å²) in [6, 6.07) is 8.64. The summed E-state index contributed by atoms with van der Waals surface area (Å²) in [6.45, 7) is 5.68. The number of piperidine rings is 1. The van der Waals surface area contributed by atoms with Gasteiger partial charge in [0, 0.05) is 30.5 Å². The fourth-order valence-electron chi connectivity index (χ4n) is 3.25. The summed E-state index contributed by atoms with van der Waals surface area (Å²) in [7, 11) is 0. The van der Waals surface area contributed by atoms with Gasteiger partial charge in [0.05, 0.1) is 5.69 Å². The molecule has 0 spiro atoms. The van der Waals surface area contributed by atoms with Crippen LogP contribution in [-0.4, -0.2) is 34.8 Å². The average molecular weight is 330 g/mol. The van der Waals surface area contributed by atoms with Gasteiger partial charge in [-0.25, -0.2) is 4.39 Å². The van der Waals surface area contributed by atoms with Crippen LogP contribution in [0.5, 0.6) is 0 Å². The number of hydrogen-bond acceptors (Lipinski definition) is 3. The summed E-state index contributed by atoms with van der Waals surface area (Å²) in [5.74, 6) is -0.268. The molecule has 128 valence electrons. The normalized spacial score (nSPS) is 17.8. The van der Waals surface area contributed by atoms with Crippen molar-refractivity contribution in [2.45, 2.75) is 39.3 Å². The van der Waals surface area contributed by atoms with E-state index < -0.39 is 0 Å². The number of carbonyl (C=O) groups excluding carboxylic acids is 1. The van der Waals surface area contributed by atoms with E-state index in [0.717, 1.165) is 36.5 Å². The second-order valence-corrected chi connectivity index (χ2v) is 6.42. The molecule has 0 radical (unpaired) electrons. The summed E-state index contributed by atoms with van der Waals surface area (Å²) >= 11 is 0. The van der Waals surface area contributed by atoms with Gasteiger partial charge in [-0.15, -0.1) is 0 Å². The third kappa shape index (κ3) is 3.93. The van der Waals surface area contributed by atoms with E-state index in [0.29, 0.717) is 6.54 Å². The molecule has 1 aliphatic rings. The number of aromatic nitrogens is 2. The topological polar surface area (TPSA) is 50.2 Å². The molecule has 5 nitrogen and oxygen atoms in total. The molecule has 1 saturated heterocycles. The Hall–Kier alpha value is -2.37. The maximum Gasteiger partial charge on any atom is 0.242 e. The lowest BCUT2D eigenvalue weighted by Gasteiger charge is -2.34. The zero-order valence-electron chi connectivity index (χ0n) is 14.1. The lowest BCUT2D eigenvalue weighted by atomic mass is 10.0. The second kappa shape index (κ2) is 7.03. The molecular formula is C18H23FN4O. The van der Waals surface area contributed by atoms with Crippen LogP contribution in [0.25, 0.3) is 0 Å². The van der Waals surface area contributed by atoms with Crippen LogP contribution in [0.15, 0.2) is 30.3 Å². The Labute approximate surface area is 141 Å². The summed E-state index contributed by atoms with van der Waals surface area (Å²) in [5, 5.41) is 7.40. The third-order valence-corrected chi connectivity index (χ3v) is 4.36. The number of nitrogens with one attached hydrogen (secondary N) is 1. The van der Waals surface area contributed by atoms with E-state index in [2.05, 4.69) is 15.3 Å². The third-order valence-electron chi connectivity index (χ3n) is 4.36. The van der Waals surface area contributed by atoms with Gasteiger partial charge >= 0.3 is 0 Å². The summed E-state index contributed by atoms with van der Waals surface area (Å²) < 4.78 is 15.1. The average Bonchev–Trinajstić information content (AvgIpc) is 2.85. The van der Waals surface area contributed by atoms with Crippen LogP contribution in [0.2, 0.25) is 0 Å². The highest BCUT2D eigenvalue weighted by Crippen LogP contribution is 2.20. The van der Waals surface area contributed by atoms with Crippen LogP contribution in [0.3, 0.4) is 0 Å². The van der Waals surface area contributed by atoms with Gasteiger partial charge in [0.25, 0.3) is 0 Å². The lowest BCUT2D eigenvalue weighted by molar-refractivity contribution is -0.122. The number of halogens is 1. The highest BCUT2D eigenvalue weighted by Gasteiger charge is 2.22. The Balaban J connectivity index is 1.59. The molecule has 1 fully saturated rings. The maximum atomic E-state index is 13.4. The molecule has 0 unspecified atom stereocenters. The molecule has 6 heteroatoms. The van der Waals surface area contributed by atoms with Crippen LogP contribution in [-0.2, 0) is 11.3 Å². The van der Waals surface area contributed by atoms with Crippen molar-refractivity contribution >= 4 is 11.6 Å². The standard InChI is InChI=1S/C18H23FN4O/c1-13-9-14(2)23(21-13)12-18(24)20-16-6-4-8-22(11-16)17-7-3-5-15(19)10-17/h3,5,7,9-10,16H,4,6,8,11-12H2,1-2H3,(H,20,24)/t16-/m1/s1. The number of aryl methyl sites for hydroxylation is 2. The van der Waals surface area contributed by atoms with Gasteiger partial charge in [-0.3, -0.25) is 9.48 Å². The first kappa shape index (κ1) is 16.5. The van der Waals surface area contributed by atoms with Crippen LogP contribution in [0.4, 0.5) is 10.1 Å².